The van der Waals surface area contributed by atoms with Crippen molar-refractivity contribution in [1.29, 1.82) is 0 Å². The van der Waals surface area contributed by atoms with E-state index in [1.54, 1.807) is 0 Å². The molecule has 4 heteroatoms. The summed E-state index contributed by atoms with van der Waals surface area (Å²) in [5.74, 6) is 0.140. The standard InChI is InChI=1S/C12H13Br2NO/c13-10-4-6-15(7-5-10)12(16)9-2-1-3-11(14)8-9/h1-3,8,10H,4-7H2. The van der Waals surface area contributed by atoms with Gasteiger partial charge >= 0.3 is 0 Å². The molecule has 0 saturated carbocycles. The van der Waals surface area contributed by atoms with Crippen LogP contribution in [-0.4, -0.2) is 28.7 Å². The minimum Gasteiger partial charge on any atom is -0.339 e. The summed E-state index contributed by atoms with van der Waals surface area (Å²) in [7, 11) is 0. The van der Waals surface area contributed by atoms with Gasteiger partial charge in [-0.3, -0.25) is 4.79 Å². The molecule has 0 N–H and O–H groups in total. The molecule has 0 atom stereocenters. The van der Waals surface area contributed by atoms with Gasteiger partial charge in [0, 0.05) is 28.0 Å². The van der Waals surface area contributed by atoms with Gasteiger partial charge in [-0.1, -0.05) is 37.9 Å². The Morgan fingerprint density at radius 2 is 2.00 bits per heavy atom. The van der Waals surface area contributed by atoms with Crippen molar-refractivity contribution in [3.05, 3.63) is 34.3 Å². The summed E-state index contributed by atoms with van der Waals surface area (Å²) in [6.45, 7) is 1.70. The first-order chi connectivity index (χ1) is 7.66. The molecular weight excluding hydrogens is 334 g/mol. The van der Waals surface area contributed by atoms with E-state index in [0.717, 1.165) is 36.0 Å². The predicted octanol–water partition coefficient (Wildman–Crippen LogP) is 3.45. The first-order valence-corrected chi connectivity index (χ1v) is 7.06. The van der Waals surface area contributed by atoms with E-state index >= 15 is 0 Å². The predicted molar refractivity (Wildman–Crippen MR) is 72.0 cm³/mol. The summed E-state index contributed by atoms with van der Waals surface area (Å²) in [6.07, 6.45) is 2.08. The van der Waals surface area contributed by atoms with Crippen LogP contribution in [0.1, 0.15) is 23.2 Å². The zero-order chi connectivity index (χ0) is 11.5. The van der Waals surface area contributed by atoms with E-state index < -0.39 is 0 Å². The Bertz CT molecular complexity index is 386. The van der Waals surface area contributed by atoms with Crippen molar-refractivity contribution in [2.24, 2.45) is 0 Å². The summed E-state index contributed by atoms with van der Waals surface area (Å²) in [5.41, 5.74) is 0.766. The van der Waals surface area contributed by atoms with Crippen LogP contribution in [0.25, 0.3) is 0 Å². The van der Waals surface area contributed by atoms with Gasteiger partial charge in [-0.2, -0.15) is 0 Å². The molecule has 1 aliphatic rings. The van der Waals surface area contributed by atoms with Crippen LogP contribution in [0, 0.1) is 0 Å². The maximum atomic E-state index is 12.1. The smallest absolute Gasteiger partial charge is 0.253 e. The number of carbonyl (C=O) groups excluding carboxylic acids is 1. The molecule has 16 heavy (non-hydrogen) atoms. The summed E-state index contributed by atoms with van der Waals surface area (Å²) in [6, 6.07) is 7.58. The Labute approximate surface area is 112 Å². The molecule has 0 aliphatic carbocycles. The lowest BCUT2D eigenvalue weighted by atomic mass is 10.1. The van der Waals surface area contributed by atoms with Crippen molar-refractivity contribution in [3.63, 3.8) is 0 Å². The fourth-order valence-corrected chi connectivity index (χ4v) is 2.66. The van der Waals surface area contributed by atoms with Gasteiger partial charge in [-0.15, -0.1) is 0 Å². The lowest BCUT2D eigenvalue weighted by Gasteiger charge is -2.29. The highest BCUT2D eigenvalue weighted by molar-refractivity contribution is 9.10. The summed E-state index contributed by atoms with van der Waals surface area (Å²) in [5, 5.41) is 0. The van der Waals surface area contributed by atoms with Crippen LogP contribution in [0.15, 0.2) is 28.7 Å². The number of hydrogen-bond donors (Lipinski definition) is 0. The highest BCUT2D eigenvalue weighted by Gasteiger charge is 2.21. The largest absolute Gasteiger partial charge is 0.339 e. The molecule has 1 aromatic rings. The maximum Gasteiger partial charge on any atom is 0.253 e. The topological polar surface area (TPSA) is 20.3 Å². The Hall–Kier alpha value is -0.350. The van der Waals surface area contributed by atoms with Crippen molar-refractivity contribution in [2.45, 2.75) is 17.7 Å². The fraction of sp³-hybridized carbons (Fsp3) is 0.417. The number of likely N-dealkylation sites (tertiary alicyclic amines) is 1. The Kier molecular flexibility index (Phi) is 4.03. The van der Waals surface area contributed by atoms with Crippen LogP contribution in [0.3, 0.4) is 0 Å². The summed E-state index contributed by atoms with van der Waals surface area (Å²) >= 11 is 6.97. The zero-order valence-electron chi connectivity index (χ0n) is 8.83. The molecule has 1 fully saturated rings. The minimum absolute atomic E-state index is 0.140. The number of carbonyl (C=O) groups is 1. The SMILES string of the molecule is O=C(c1cccc(Br)c1)N1CCC(Br)CC1. The van der Waals surface area contributed by atoms with E-state index in [9.17, 15) is 4.79 Å². The maximum absolute atomic E-state index is 12.1. The Balaban J connectivity index is 2.08. The van der Waals surface area contributed by atoms with Crippen molar-refractivity contribution in [1.82, 2.24) is 4.90 Å². The van der Waals surface area contributed by atoms with E-state index in [0.29, 0.717) is 4.83 Å². The third kappa shape index (κ3) is 2.86. The number of nitrogens with zero attached hydrogens (tertiary/aromatic N) is 1. The van der Waals surface area contributed by atoms with Gasteiger partial charge in [0.25, 0.3) is 5.91 Å². The number of alkyl halides is 1. The van der Waals surface area contributed by atoms with Crippen LogP contribution in [0.5, 0.6) is 0 Å². The summed E-state index contributed by atoms with van der Waals surface area (Å²) in [4.78, 5) is 14.6. The molecule has 0 spiro atoms. The first kappa shape index (κ1) is 12.1. The fourth-order valence-electron chi connectivity index (χ4n) is 1.86. The number of hydrogen-bond acceptors (Lipinski definition) is 1. The van der Waals surface area contributed by atoms with Crippen LogP contribution in [0.4, 0.5) is 0 Å². The summed E-state index contributed by atoms with van der Waals surface area (Å²) < 4.78 is 0.953. The molecule has 1 aliphatic heterocycles. The highest BCUT2D eigenvalue weighted by atomic mass is 79.9. The Morgan fingerprint density at radius 1 is 1.31 bits per heavy atom. The van der Waals surface area contributed by atoms with E-state index in [2.05, 4.69) is 31.9 Å². The molecular formula is C12H13Br2NO. The van der Waals surface area contributed by atoms with Crippen molar-refractivity contribution < 1.29 is 4.79 Å². The number of rotatable bonds is 1. The number of benzene rings is 1. The normalized spacial score (nSPS) is 17.5. The van der Waals surface area contributed by atoms with Crippen LogP contribution in [0.2, 0.25) is 0 Å². The molecule has 1 aromatic carbocycles. The first-order valence-electron chi connectivity index (χ1n) is 5.36. The van der Waals surface area contributed by atoms with Gasteiger partial charge in [0.15, 0.2) is 0 Å². The van der Waals surface area contributed by atoms with Crippen LogP contribution < -0.4 is 0 Å². The third-order valence-electron chi connectivity index (χ3n) is 2.78. The molecule has 1 heterocycles. The third-order valence-corrected chi connectivity index (χ3v) is 4.19. The average molecular weight is 347 g/mol. The Morgan fingerprint density at radius 3 is 2.62 bits per heavy atom. The number of piperidine rings is 1. The van der Waals surface area contributed by atoms with Crippen molar-refractivity contribution >= 4 is 37.8 Å². The molecule has 86 valence electrons. The van der Waals surface area contributed by atoms with Gasteiger partial charge in [-0.25, -0.2) is 0 Å². The molecule has 1 saturated heterocycles. The quantitative estimate of drug-likeness (QED) is 0.713. The molecule has 0 bridgehead atoms. The van der Waals surface area contributed by atoms with E-state index in [1.807, 2.05) is 29.2 Å². The van der Waals surface area contributed by atoms with Crippen molar-refractivity contribution in [3.8, 4) is 0 Å². The van der Waals surface area contributed by atoms with E-state index in [1.165, 1.54) is 0 Å². The molecule has 2 rings (SSSR count). The second kappa shape index (κ2) is 5.32. The number of halogens is 2. The van der Waals surface area contributed by atoms with Crippen LogP contribution in [-0.2, 0) is 0 Å². The second-order valence-electron chi connectivity index (χ2n) is 3.98. The van der Waals surface area contributed by atoms with Crippen LogP contribution >= 0.6 is 31.9 Å². The highest BCUT2D eigenvalue weighted by Crippen LogP contribution is 2.20. The zero-order valence-corrected chi connectivity index (χ0v) is 12.0. The minimum atomic E-state index is 0.140. The van der Waals surface area contributed by atoms with E-state index in [4.69, 9.17) is 0 Å². The lowest BCUT2D eigenvalue weighted by molar-refractivity contribution is 0.0728. The van der Waals surface area contributed by atoms with Gasteiger partial charge in [0.2, 0.25) is 0 Å². The molecule has 1 amide bonds. The van der Waals surface area contributed by atoms with Gasteiger partial charge < -0.3 is 4.90 Å². The molecule has 0 aromatic heterocycles. The monoisotopic (exact) mass is 345 g/mol. The van der Waals surface area contributed by atoms with E-state index in [-0.39, 0.29) is 5.91 Å². The average Bonchev–Trinajstić information content (AvgIpc) is 2.29. The van der Waals surface area contributed by atoms with Gasteiger partial charge in [-0.05, 0) is 31.0 Å². The lowest BCUT2D eigenvalue weighted by Crippen LogP contribution is -2.38. The molecule has 2 nitrogen and oxygen atoms in total. The number of amides is 1. The van der Waals surface area contributed by atoms with Crippen molar-refractivity contribution in [2.75, 3.05) is 13.1 Å². The van der Waals surface area contributed by atoms with Gasteiger partial charge in [0.1, 0.15) is 0 Å². The second-order valence-corrected chi connectivity index (χ2v) is 6.19. The van der Waals surface area contributed by atoms with Gasteiger partial charge in [0.05, 0.1) is 0 Å². The molecule has 0 radical (unpaired) electrons. The molecule has 0 unspecified atom stereocenters.